The van der Waals surface area contributed by atoms with Gasteiger partial charge in [-0.25, -0.2) is 8.78 Å². The third-order valence-electron chi connectivity index (χ3n) is 7.64. The van der Waals surface area contributed by atoms with Gasteiger partial charge < -0.3 is 20.3 Å². The van der Waals surface area contributed by atoms with Gasteiger partial charge in [0.15, 0.2) is 11.4 Å². The van der Waals surface area contributed by atoms with Gasteiger partial charge in [0.1, 0.15) is 27.8 Å². The summed E-state index contributed by atoms with van der Waals surface area (Å²) in [5, 5.41) is 11.7. The quantitative estimate of drug-likeness (QED) is 0.598. The lowest BCUT2D eigenvalue weighted by atomic mass is 9.84. The number of fused-ring (bicyclic) bond motifs is 5. The zero-order valence-corrected chi connectivity index (χ0v) is 20.4. The Morgan fingerprint density at radius 3 is 2.69 bits per heavy atom. The molecule has 2 amide bonds. The maximum absolute atomic E-state index is 14.6. The fourth-order valence-corrected chi connectivity index (χ4v) is 5.86. The Morgan fingerprint density at radius 1 is 1.28 bits per heavy atom. The number of halogens is 3. The van der Waals surface area contributed by atoms with E-state index in [1.54, 1.807) is 9.96 Å². The van der Waals surface area contributed by atoms with Gasteiger partial charge in [-0.05, 0) is 39.2 Å². The third kappa shape index (κ3) is 3.60. The Morgan fingerprint density at radius 2 is 2.00 bits per heavy atom. The maximum Gasteiger partial charge on any atom is 0.274 e. The van der Waals surface area contributed by atoms with Crippen molar-refractivity contribution in [3.8, 4) is 5.75 Å². The van der Waals surface area contributed by atoms with Crippen LogP contribution in [0, 0.1) is 11.6 Å². The molecule has 2 fully saturated rings. The average molecular weight is 523 g/mol. The van der Waals surface area contributed by atoms with Gasteiger partial charge in [-0.3, -0.25) is 19.2 Å². The van der Waals surface area contributed by atoms with E-state index in [4.69, 9.17) is 22.2 Å². The normalized spacial score (nSPS) is 27.9. The lowest BCUT2D eigenvalue weighted by Crippen LogP contribution is -2.52. The molecule has 3 aliphatic heterocycles. The molecule has 1 unspecified atom stereocenters. The van der Waals surface area contributed by atoms with Crippen LogP contribution in [0.25, 0.3) is 0 Å². The second kappa shape index (κ2) is 8.53. The number of hydrogen-bond acceptors (Lipinski definition) is 6. The summed E-state index contributed by atoms with van der Waals surface area (Å²) in [5.41, 5.74) is 2.96. The fourth-order valence-electron chi connectivity index (χ4n) is 5.67. The molecule has 12 heteroatoms. The van der Waals surface area contributed by atoms with E-state index >= 15 is 0 Å². The van der Waals surface area contributed by atoms with Gasteiger partial charge in [0, 0.05) is 30.4 Å². The van der Waals surface area contributed by atoms with Gasteiger partial charge in [0.2, 0.25) is 5.43 Å². The second-order valence-electron chi connectivity index (χ2n) is 9.82. The Hall–Kier alpha value is -3.02. The zero-order valence-electron chi connectivity index (χ0n) is 19.6. The minimum absolute atomic E-state index is 0.00548. The van der Waals surface area contributed by atoms with E-state index < -0.39 is 56.9 Å². The highest BCUT2D eigenvalue weighted by atomic mass is 35.5. The fraction of sp³-hybridized carbons (Fsp3) is 0.458. The first-order valence-corrected chi connectivity index (χ1v) is 12.0. The van der Waals surface area contributed by atoms with Crippen LogP contribution in [0.1, 0.15) is 65.6 Å². The molecular weight excluding hydrogens is 498 g/mol. The predicted molar refractivity (Wildman–Crippen MR) is 124 cm³/mol. The number of aromatic hydroxyl groups is 1. The van der Waals surface area contributed by atoms with Crippen molar-refractivity contribution in [3.05, 3.63) is 62.0 Å². The molecule has 0 radical (unpaired) electrons. The number of amides is 2. The molecular formula is C24H25ClF2N4O5. The summed E-state index contributed by atoms with van der Waals surface area (Å²) >= 11 is 5.75. The van der Waals surface area contributed by atoms with Crippen LogP contribution in [0.4, 0.5) is 8.78 Å². The number of nitrogens with zero attached hydrogens (tertiary/aromatic N) is 3. The molecule has 2 aromatic rings. The summed E-state index contributed by atoms with van der Waals surface area (Å²) in [4.78, 5) is 45.9. The van der Waals surface area contributed by atoms with E-state index in [-0.39, 0.29) is 36.4 Å². The van der Waals surface area contributed by atoms with Crippen molar-refractivity contribution in [1.82, 2.24) is 14.5 Å². The first kappa shape index (κ1) is 24.7. The first-order valence-electron chi connectivity index (χ1n) is 11.6. The van der Waals surface area contributed by atoms with Crippen LogP contribution in [0.2, 0.25) is 5.02 Å². The van der Waals surface area contributed by atoms with Crippen LogP contribution >= 0.6 is 11.6 Å². The number of primary amides is 1. The summed E-state index contributed by atoms with van der Waals surface area (Å²) in [6, 6.07) is 1.41. The Balaban J connectivity index is 1.59. The zero-order chi connectivity index (χ0) is 26.1. The smallest absolute Gasteiger partial charge is 0.274 e. The highest BCUT2D eigenvalue weighted by Gasteiger charge is 2.55. The van der Waals surface area contributed by atoms with E-state index in [1.165, 1.54) is 16.8 Å². The molecule has 2 bridgehead atoms. The van der Waals surface area contributed by atoms with Crippen molar-refractivity contribution >= 4 is 23.4 Å². The number of carbonyl (C=O) groups is 2. The molecule has 0 saturated carbocycles. The summed E-state index contributed by atoms with van der Waals surface area (Å²) in [7, 11) is 0. The largest absolute Gasteiger partial charge is 0.503 e. The Kier molecular flexibility index (Phi) is 5.85. The molecule has 4 atom stereocenters. The van der Waals surface area contributed by atoms with E-state index in [9.17, 15) is 28.3 Å². The molecule has 3 aliphatic rings. The lowest BCUT2D eigenvalue weighted by Gasteiger charge is -2.42. The molecule has 5 rings (SSSR count). The van der Waals surface area contributed by atoms with Crippen molar-refractivity contribution in [2.75, 3.05) is 6.54 Å². The maximum atomic E-state index is 14.6. The van der Waals surface area contributed by atoms with Gasteiger partial charge in [-0.2, -0.15) is 5.06 Å². The molecule has 1 aromatic heterocycles. The standard InChI is InChI=1S/C24H25ClF2N4O5/c1-11-5-6-24(7-12(2)31(36-24)8-13-3-4-15(26)17(25)18(13)27)16-10-29(11)23(35)19-21(33)20(32)14(22(28)34)9-30(16)19/h3-4,9,11-12,16,33H,5-8,10H2,1-2H3,(H2,28,34)/t11-,12?,16+,24-/m0/s1. The van der Waals surface area contributed by atoms with Crippen LogP contribution in [0.5, 0.6) is 5.75 Å². The van der Waals surface area contributed by atoms with Crippen LogP contribution in [0.3, 0.4) is 0 Å². The second-order valence-corrected chi connectivity index (χ2v) is 10.2. The van der Waals surface area contributed by atoms with Crippen molar-refractivity contribution in [2.24, 2.45) is 5.73 Å². The van der Waals surface area contributed by atoms with Crippen LogP contribution in [-0.4, -0.2) is 55.7 Å². The molecule has 192 valence electrons. The predicted octanol–water partition coefficient (Wildman–Crippen LogP) is 2.73. The average Bonchev–Trinajstić information content (AvgIpc) is 3.09. The number of carbonyl (C=O) groups excluding carboxylic acids is 2. The minimum atomic E-state index is -1.03. The molecule has 1 spiro atoms. The number of hydroxylamine groups is 2. The molecule has 9 nitrogen and oxygen atoms in total. The van der Waals surface area contributed by atoms with Gasteiger partial charge in [-0.15, -0.1) is 0 Å². The van der Waals surface area contributed by atoms with E-state index in [2.05, 4.69) is 0 Å². The minimum Gasteiger partial charge on any atom is -0.503 e. The molecule has 36 heavy (non-hydrogen) atoms. The van der Waals surface area contributed by atoms with E-state index in [1.807, 2.05) is 13.8 Å². The number of nitrogens with two attached hydrogens (primary N) is 1. The van der Waals surface area contributed by atoms with Crippen LogP contribution < -0.4 is 11.2 Å². The molecule has 3 N–H and O–H groups in total. The number of hydrogen-bond donors (Lipinski definition) is 2. The highest BCUT2D eigenvalue weighted by molar-refractivity contribution is 6.30. The van der Waals surface area contributed by atoms with Gasteiger partial charge in [-0.1, -0.05) is 17.7 Å². The Labute approximate surface area is 209 Å². The summed E-state index contributed by atoms with van der Waals surface area (Å²) in [6.07, 6.45) is 2.77. The number of aromatic nitrogens is 1. The highest BCUT2D eigenvalue weighted by Crippen LogP contribution is 2.49. The van der Waals surface area contributed by atoms with Crippen LogP contribution in [0.15, 0.2) is 23.1 Å². The SMILES string of the molecule is CC1C[C@]2(CC[C@H](C)N3C[C@H]2n2cc(C(N)=O)c(=O)c(O)c2C3=O)ON1Cc1ccc(F)c(Cl)c1F. The van der Waals surface area contributed by atoms with Crippen molar-refractivity contribution in [3.63, 3.8) is 0 Å². The Bertz CT molecular complexity index is 1350. The summed E-state index contributed by atoms with van der Waals surface area (Å²) in [6.45, 7) is 3.98. The van der Waals surface area contributed by atoms with E-state index in [0.717, 1.165) is 6.07 Å². The summed E-state index contributed by atoms with van der Waals surface area (Å²) < 4.78 is 29.7. The van der Waals surface area contributed by atoms with Gasteiger partial charge in [0.05, 0.1) is 12.6 Å². The topological polar surface area (TPSA) is 118 Å². The molecule has 1 aromatic carbocycles. The van der Waals surface area contributed by atoms with Crippen molar-refractivity contribution in [1.29, 1.82) is 0 Å². The number of rotatable bonds is 3. The van der Waals surface area contributed by atoms with Gasteiger partial charge >= 0.3 is 0 Å². The van der Waals surface area contributed by atoms with Crippen LogP contribution in [-0.2, 0) is 11.4 Å². The molecule has 2 saturated heterocycles. The number of pyridine rings is 1. The third-order valence-corrected chi connectivity index (χ3v) is 7.99. The monoisotopic (exact) mass is 522 g/mol. The van der Waals surface area contributed by atoms with Gasteiger partial charge in [0.25, 0.3) is 11.8 Å². The summed E-state index contributed by atoms with van der Waals surface area (Å²) in [5.74, 6) is -4.10. The van der Waals surface area contributed by atoms with Crippen molar-refractivity contribution < 1.29 is 28.3 Å². The molecule has 4 heterocycles. The lowest BCUT2D eigenvalue weighted by molar-refractivity contribution is -0.225. The molecule has 0 aliphatic carbocycles. The first-order chi connectivity index (χ1) is 16.9. The van der Waals surface area contributed by atoms with E-state index in [0.29, 0.717) is 19.3 Å². The van der Waals surface area contributed by atoms with Crippen molar-refractivity contribution in [2.45, 2.75) is 63.4 Å². The number of benzene rings is 1.